The van der Waals surface area contributed by atoms with Crippen LogP contribution in [0.25, 0.3) is 11.0 Å². The van der Waals surface area contributed by atoms with E-state index < -0.39 is 41.6 Å². The summed E-state index contributed by atoms with van der Waals surface area (Å²) in [5.74, 6) is -2.68. The maximum atomic E-state index is 12.6. The zero-order valence-corrected chi connectivity index (χ0v) is 18.6. The van der Waals surface area contributed by atoms with Crippen LogP contribution in [0.3, 0.4) is 0 Å². The molecule has 0 aliphatic carbocycles. The number of hydrogen-bond acceptors (Lipinski definition) is 9. The van der Waals surface area contributed by atoms with Crippen molar-refractivity contribution < 1.29 is 38.1 Å². The number of carbonyl (C=O) groups is 3. The Hall–Kier alpha value is -4.34. The first kappa shape index (κ1) is 22.8. The Labute approximate surface area is 192 Å². The number of phenolic OH excluding ortho intramolecular Hbond substituents is 1. The molecule has 1 aliphatic heterocycles. The van der Waals surface area contributed by atoms with E-state index in [9.17, 15) is 24.3 Å². The van der Waals surface area contributed by atoms with Crippen molar-refractivity contribution in [1.82, 2.24) is 0 Å². The second-order valence-electron chi connectivity index (χ2n) is 7.87. The fraction of sp³-hybridized carbons (Fsp3) is 0.250. The van der Waals surface area contributed by atoms with Gasteiger partial charge in [-0.1, -0.05) is 6.07 Å². The van der Waals surface area contributed by atoms with Gasteiger partial charge in [0, 0.05) is 17.5 Å². The number of primary amides is 1. The van der Waals surface area contributed by atoms with E-state index in [0.29, 0.717) is 16.9 Å². The summed E-state index contributed by atoms with van der Waals surface area (Å²) in [6, 6.07) is 6.02. The van der Waals surface area contributed by atoms with Crippen molar-refractivity contribution in [2.24, 2.45) is 5.73 Å². The molecule has 0 radical (unpaired) electrons. The molecule has 0 saturated carbocycles. The largest absolute Gasteiger partial charge is 0.506 e. The number of carbonyl (C=O) groups excluding carboxylic acids is 3. The summed E-state index contributed by atoms with van der Waals surface area (Å²) >= 11 is 0. The minimum absolute atomic E-state index is 0.00965. The van der Waals surface area contributed by atoms with Gasteiger partial charge in [-0.15, -0.1) is 0 Å². The lowest BCUT2D eigenvalue weighted by molar-refractivity contribution is -0.135. The van der Waals surface area contributed by atoms with Gasteiger partial charge >= 0.3 is 11.6 Å². The van der Waals surface area contributed by atoms with Crippen molar-refractivity contribution >= 4 is 28.6 Å². The molecule has 10 heteroatoms. The monoisotopic (exact) mass is 467 g/mol. The molecule has 4 rings (SSSR count). The van der Waals surface area contributed by atoms with Crippen LogP contribution < -0.4 is 25.6 Å². The van der Waals surface area contributed by atoms with Gasteiger partial charge in [0.1, 0.15) is 16.9 Å². The number of benzene rings is 2. The molecule has 3 N–H and O–H groups in total. The summed E-state index contributed by atoms with van der Waals surface area (Å²) < 4.78 is 21.6. The van der Waals surface area contributed by atoms with Gasteiger partial charge in [0.2, 0.25) is 0 Å². The number of esters is 1. The molecule has 1 atom stereocenters. The third-order valence-electron chi connectivity index (χ3n) is 5.60. The molecular weight excluding hydrogens is 446 g/mol. The zero-order valence-electron chi connectivity index (χ0n) is 18.6. The predicted octanol–water partition coefficient (Wildman–Crippen LogP) is 2.32. The summed E-state index contributed by atoms with van der Waals surface area (Å²) in [4.78, 5) is 48.5. The number of nitrogens with two attached hydrogens (primary N) is 1. The zero-order chi connectivity index (χ0) is 24.7. The lowest BCUT2D eigenvalue weighted by Gasteiger charge is -2.28. The first-order chi connectivity index (χ1) is 16.1. The summed E-state index contributed by atoms with van der Waals surface area (Å²) in [5.41, 5.74) is 5.53. The molecule has 3 aromatic rings. The van der Waals surface area contributed by atoms with Gasteiger partial charge in [-0.05, 0) is 37.1 Å². The van der Waals surface area contributed by atoms with E-state index in [4.69, 9.17) is 24.4 Å². The van der Waals surface area contributed by atoms with Crippen molar-refractivity contribution in [3.63, 3.8) is 0 Å². The number of ketones is 1. The highest BCUT2D eigenvalue weighted by Crippen LogP contribution is 2.50. The Bertz CT molecular complexity index is 1420. The van der Waals surface area contributed by atoms with Crippen molar-refractivity contribution in [3.05, 3.63) is 56.9 Å². The SMILES string of the molecule is COc1ccc(C2CC(=O)Oc3c(C(C)=O)c(O)c4c(C)cc(=O)oc4c32)cc1OCC(N)=O. The van der Waals surface area contributed by atoms with E-state index in [0.717, 1.165) is 0 Å². The maximum Gasteiger partial charge on any atom is 0.336 e. The van der Waals surface area contributed by atoms with Crippen LogP contribution in [0.1, 0.15) is 46.3 Å². The Kier molecular flexibility index (Phi) is 5.74. The maximum absolute atomic E-state index is 12.6. The van der Waals surface area contributed by atoms with Crippen LogP contribution in [0.2, 0.25) is 0 Å². The molecule has 2 heterocycles. The number of aromatic hydroxyl groups is 1. The van der Waals surface area contributed by atoms with Crippen LogP contribution in [0.4, 0.5) is 0 Å². The second-order valence-corrected chi connectivity index (χ2v) is 7.87. The normalized spacial score (nSPS) is 14.9. The van der Waals surface area contributed by atoms with Gasteiger partial charge in [0.15, 0.2) is 29.6 Å². The van der Waals surface area contributed by atoms with E-state index in [1.807, 2.05) is 0 Å². The highest BCUT2D eigenvalue weighted by Gasteiger charge is 2.37. The van der Waals surface area contributed by atoms with Crippen molar-refractivity contribution in [2.45, 2.75) is 26.2 Å². The fourth-order valence-electron chi connectivity index (χ4n) is 4.19. The average Bonchev–Trinajstić information content (AvgIpc) is 2.76. The topological polar surface area (TPSA) is 155 Å². The molecule has 176 valence electrons. The van der Waals surface area contributed by atoms with Crippen molar-refractivity contribution in [3.8, 4) is 23.0 Å². The number of methoxy groups -OCH3 is 1. The number of aryl methyl sites for hydroxylation is 1. The number of hydrogen-bond donors (Lipinski definition) is 2. The number of phenols is 1. The van der Waals surface area contributed by atoms with Gasteiger partial charge in [-0.3, -0.25) is 14.4 Å². The fourth-order valence-corrected chi connectivity index (χ4v) is 4.19. The standard InChI is InChI=1S/C24H21NO9/c1-10-6-17(28)33-23-19(10)22(30)20(11(2)26)24-21(23)13(8-18(29)34-24)12-4-5-14(31-3)15(7-12)32-9-16(25)27/h4-7,13,30H,8-9H2,1-3H3,(H2,25,27). The number of Topliss-reactive ketones (excluding diaryl/α,β-unsaturated/α-hetero) is 1. The van der Waals surface area contributed by atoms with E-state index >= 15 is 0 Å². The van der Waals surface area contributed by atoms with Gasteiger partial charge in [-0.2, -0.15) is 0 Å². The third kappa shape index (κ3) is 3.83. The minimum Gasteiger partial charge on any atom is -0.506 e. The number of amides is 1. The summed E-state index contributed by atoms with van der Waals surface area (Å²) in [6.45, 7) is 2.43. The molecule has 0 spiro atoms. The lowest BCUT2D eigenvalue weighted by Crippen LogP contribution is -2.24. The van der Waals surface area contributed by atoms with Gasteiger partial charge in [-0.25, -0.2) is 4.79 Å². The molecule has 1 aliphatic rings. The van der Waals surface area contributed by atoms with Crippen LogP contribution in [-0.4, -0.2) is 36.5 Å². The smallest absolute Gasteiger partial charge is 0.336 e. The molecule has 1 amide bonds. The molecule has 1 unspecified atom stereocenters. The van der Waals surface area contributed by atoms with E-state index in [1.54, 1.807) is 25.1 Å². The molecule has 1 aromatic heterocycles. The summed E-state index contributed by atoms with van der Waals surface area (Å²) in [6.07, 6.45) is -0.149. The summed E-state index contributed by atoms with van der Waals surface area (Å²) in [5, 5.41) is 11.0. The van der Waals surface area contributed by atoms with Crippen LogP contribution in [0.5, 0.6) is 23.0 Å². The quantitative estimate of drug-likeness (QED) is 0.240. The Morgan fingerprint density at radius 1 is 1.21 bits per heavy atom. The van der Waals surface area contributed by atoms with Crippen LogP contribution in [-0.2, 0) is 9.59 Å². The first-order valence-corrected chi connectivity index (χ1v) is 10.3. The van der Waals surface area contributed by atoms with E-state index in [1.165, 1.54) is 20.1 Å². The number of fused-ring (bicyclic) bond motifs is 3. The lowest BCUT2D eigenvalue weighted by atomic mass is 9.82. The summed E-state index contributed by atoms with van der Waals surface area (Å²) in [7, 11) is 1.42. The van der Waals surface area contributed by atoms with Crippen LogP contribution >= 0.6 is 0 Å². The number of ether oxygens (including phenoxy) is 3. The predicted molar refractivity (Wildman–Crippen MR) is 119 cm³/mol. The molecule has 2 aromatic carbocycles. The van der Waals surface area contributed by atoms with Gasteiger partial charge < -0.3 is 29.5 Å². The molecule has 0 bridgehead atoms. The van der Waals surface area contributed by atoms with Crippen molar-refractivity contribution in [1.29, 1.82) is 0 Å². The number of rotatable bonds is 6. The minimum atomic E-state index is -0.732. The van der Waals surface area contributed by atoms with Crippen LogP contribution in [0, 0.1) is 6.92 Å². The molecule has 10 nitrogen and oxygen atoms in total. The molecule has 34 heavy (non-hydrogen) atoms. The average molecular weight is 467 g/mol. The second kappa shape index (κ2) is 8.54. The van der Waals surface area contributed by atoms with E-state index in [2.05, 4.69) is 0 Å². The van der Waals surface area contributed by atoms with Crippen LogP contribution in [0.15, 0.2) is 33.5 Å². The Morgan fingerprint density at radius 3 is 2.59 bits per heavy atom. The molecule has 0 fully saturated rings. The Balaban J connectivity index is 2.04. The first-order valence-electron chi connectivity index (χ1n) is 10.3. The highest BCUT2D eigenvalue weighted by molar-refractivity contribution is 6.09. The third-order valence-corrected chi connectivity index (χ3v) is 5.60. The van der Waals surface area contributed by atoms with Gasteiger partial charge in [0.05, 0.1) is 18.9 Å². The van der Waals surface area contributed by atoms with Gasteiger partial charge in [0.25, 0.3) is 5.91 Å². The van der Waals surface area contributed by atoms with Crippen molar-refractivity contribution in [2.75, 3.05) is 13.7 Å². The Morgan fingerprint density at radius 2 is 1.94 bits per heavy atom. The molecule has 0 saturated heterocycles. The molecular formula is C24H21NO9. The van der Waals surface area contributed by atoms with E-state index in [-0.39, 0.29) is 40.0 Å². The highest BCUT2D eigenvalue weighted by atomic mass is 16.5.